The summed E-state index contributed by atoms with van der Waals surface area (Å²) in [6, 6.07) is 7.34. The monoisotopic (exact) mass is 235 g/mol. The number of ketones is 1. The van der Waals surface area contributed by atoms with Gasteiger partial charge in [-0.15, -0.1) is 5.10 Å². The van der Waals surface area contributed by atoms with Gasteiger partial charge >= 0.3 is 0 Å². The predicted octanol–water partition coefficient (Wildman–Crippen LogP) is 2.05. The minimum Gasteiger partial charge on any atom is -0.300 e. The zero-order valence-electron chi connectivity index (χ0n) is 8.72. The number of aromatic nitrogens is 3. The molecule has 0 aliphatic heterocycles. The molecule has 0 unspecified atom stereocenters. The summed E-state index contributed by atoms with van der Waals surface area (Å²) in [5.74, 6) is 0.0613. The van der Waals surface area contributed by atoms with Gasteiger partial charge in [-0.25, -0.2) is 4.68 Å². The van der Waals surface area contributed by atoms with E-state index in [1.807, 2.05) is 18.2 Å². The fourth-order valence-corrected chi connectivity index (χ4v) is 1.61. The summed E-state index contributed by atoms with van der Waals surface area (Å²) >= 11 is 6.02. The summed E-state index contributed by atoms with van der Waals surface area (Å²) < 4.78 is 1.57. The molecule has 0 saturated heterocycles. The lowest BCUT2D eigenvalue weighted by Gasteiger charge is -2.01. The number of hydrogen-bond donors (Lipinski definition) is 0. The smallest absolute Gasteiger partial charge is 0.135 e. The fourth-order valence-electron chi connectivity index (χ4n) is 1.39. The van der Waals surface area contributed by atoms with E-state index in [1.54, 1.807) is 16.9 Å². The molecule has 4 nitrogen and oxygen atoms in total. The van der Waals surface area contributed by atoms with Gasteiger partial charge in [-0.2, -0.15) is 0 Å². The molecule has 0 radical (unpaired) electrons. The second-order valence-corrected chi connectivity index (χ2v) is 3.89. The standard InChI is InChI=1S/C11H10ClN3O/c1-8(16)6-9-7-15(14-13-9)11-5-3-2-4-10(11)12/h2-5,7H,6H2,1H3. The van der Waals surface area contributed by atoms with E-state index in [0.29, 0.717) is 17.1 Å². The van der Waals surface area contributed by atoms with Crippen LogP contribution in [-0.2, 0) is 11.2 Å². The molecule has 2 rings (SSSR count). The van der Waals surface area contributed by atoms with Gasteiger partial charge < -0.3 is 0 Å². The van der Waals surface area contributed by atoms with Crippen LogP contribution in [0.1, 0.15) is 12.6 Å². The first-order valence-corrected chi connectivity index (χ1v) is 5.20. The maximum Gasteiger partial charge on any atom is 0.135 e. The molecule has 2 aromatic rings. The Morgan fingerprint density at radius 2 is 2.19 bits per heavy atom. The third-order valence-corrected chi connectivity index (χ3v) is 2.39. The number of nitrogens with zero attached hydrogens (tertiary/aromatic N) is 3. The Hall–Kier alpha value is -1.68. The van der Waals surface area contributed by atoms with Crippen molar-refractivity contribution in [2.24, 2.45) is 0 Å². The van der Waals surface area contributed by atoms with E-state index in [9.17, 15) is 4.79 Å². The Balaban J connectivity index is 2.32. The topological polar surface area (TPSA) is 47.8 Å². The van der Waals surface area contributed by atoms with Crippen LogP contribution in [0.15, 0.2) is 30.5 Å². The van der Waals surface area contributed by atoms with E-state index in [-0.39, 0.29) is 5.78 Å². The van der Waals surface area contributed by atoms with Crippen LogP contribution in [0, 0.1) is 0 Å². The highest BCUT2D eigenvalue weighted by Crippen LogP contribution is 2.18. The highest BCUT2D eigenvalue weighted by atomic mass is 35.5. The summed E-state index contributed by atoms with van der Waals surface area (Å²) in [7, 11) is 0. The van der Waals surface area contributed by atoms with Gasteiger partial charge in [0.1, 0.15) is 5.78 Å². The Kier molecular flexibility index (Phi) is 3.01. The lowest BCUT2D eigenvalue weighted by molar-refractivity contribution is -0.116. The largest absolute Gasteiger partial charge is 0.300 e. The first kappa shape index (κ1) is 10.8. The van der Waals surface area contributed by atoms with E-state index < -0.39 is 0 Å². The fraction of sp³-hybridized carbons (Fsp3) is 0.182. The van der Waals surface area contributed by atoms with E-state index >= 15 is 0 Å². The molecule has 0 N–H and O–H groups in total. The van der Waals surface area contributed by atoms with Gasteiger partial charge in [0.05, 0.1) is 29.0 Å². The van der Waals surface area contributed by atoms with E-state index in [1.165, 1.54) is 6.92 Å². The molecular formula is C11H10ClN3O. The maximum absolute atomic E-state index is 10.9. The first-order valence-electron chi connectivity index (χ1n) is 4.82. The molecule has 1 aromatic carbocycles. The maximum atomic E-state index is 10.9. The molecule has 1 aromatic heterocycles. The Labute approximate surface area is 97.8 Å². The van der Waals surface area contributed by atoms with Crippen molar-refractivity contribution in [3.8, 4) is 5.69 Å². The van der Waals surface area contributed by atoms with Crippen molar-refractivity contribution in [3.05, 3.63) is 41.2 Å². The number of carbonyl (C=O) groups excluding carboxylic acids is 1. The summed E-state index contributed by atoms with van der Waals surface area (Å²) in [5, 5.41) is 8.44. The van der Waals surface area contributed by atoms with Gasteiger partial charge in [-0.3, -0.25) is 4.79 Å². The number of rotatable bonds is 3. The number of carbonyl (C=O) groups is 1. The van der Waals surface area contributed by atoms with Crippen LogP contribution in [0.25, 0.3) is 5.69 Å². The highest BCUT2D eigenvalue weighted by Gasteiger charge is 2.07. The minimum atomic E-state index is 0.0613. The molecule has 0 atom stereocenters. The van der Waals surface area contributed by atoms with Crippen LogP contribution in [-0.4, -0.2) is 20.8 Å². The highest BCUT2D eigenvalue weighted by molar-refractivity contribution is 6.32. The molecule has 5 heteroatoms. The lowest BCUT2D eigenvalue weighted by atomic mass is 10.2. The molecule has 0 saturated carbocycles. The average Bonchev–Trinajstić information content (AvgIpc) is 2.66. The molecule has 0 spiro atoms. The summed E-state index contributed by atoms with van der Waals surface area (Å²) in [5.41, 5.74) is 1.40. The minimum absolute atomic E-state index is 0.0613. The summed E-state index contributed by atoms with van der Waals surface area (Å²) in [4.78, 5) is 10.9. The molecule has 0 bridgehead atoms. The van der Waals surface area contributed by atoms with Gasteiger partial charge in [-0.05, 0) is 19.1 Å². The third kappa shape index (κ3) is 2.28. The summed E-state index contributed by atoms with van der Waals surface area (Å²) in [6.07, 6.45) is 2.01. The van der Waals surface area contributed by atoms with Crippen molar-refractivity contribution in [2.45, 2.75) is 13.3 Å². The molecular weight excluding hydrogens is 226 g/mol. The zero-order valence-corrected chi connectivity index (χ0v) is 9.48. The van der Waals surface area contributed by atoms with Crippen LogP contribution in [0.5, 0.6) is 0 Å². The number of Topliss-reactive ketones (excluding diaryl/α,β-unsaturated/α-hetero) is 1. The van der Waals surface area contributed by atoms with Crippen LogP contribution in [0.3, 0.4) is 0 Å². The van der Waals surface area contributed by atoms with Crippen molar-refractivity contribution in [1.29, 1.82) is 0 Å². The number of benzene rings is 1. The van der Waals surface area contributed by atoms with Crippen LogP contribution in [0.4, 0.5) is 0 Å². The second-order valence-electron chi connectivity index (χ2n) is 3.48. The van der Waals surface area contributed by atoms with Gasteiger partial charge in [0.2, 0.25) is 0 Å². The van der Waals surface area contributed by atoms with Crippen molar-refractivity contribution >= 4 is 17.4 Å². The van der Waals surface area contributed by atoms with Crippen molar-refractivity contribution in [3.63, 3.8) is 0 Å². The SMILES string of the molecule is CC(=O)Cc1cn(-c2ccccc2Cl)nn1. The van der Waals surface area contributed by atoms with Crippen LogP contribution in [0.2, 0.25) is 5.02 Å². The van der Waals surface area contributed by atoms with Gasteiger partial charge in [-0.1, -0.05) is 28.9 Å². The van der Waals surface area contributed by atoms with Gasteiger partial charge in [0, 0.05) is 0 Å². The normalized spacial score (nSPS) is 10.4. The van der Waals surface area contributed by atoms with E-state index in [0.717, 1.165) is 5.69 Å². The Bertz CT molecular complexity index is 521. The van der Waals surface area contributed by atoms with Crippen LogP contribution < -0.4 is 0 Å². The molecule has 82 valence electrons. The lowest BCUT2D eigenvalue weighted by Crippen LogP contribution is -1.96. The predicted molar refractivity (Wildman–Crippen MR) is 60.8 cm³/mol. The van der Waals surface area contributed by atoms with E-state index in [2.05, 4.69) is 10.3 Å². The summed E-state index contributed by atoms with van der Waals surface area (Å²) in [6.45, 7) is 1.52. The number of para-hydroxylation sites is 1. The first-order chi connectivity index (χ1) is 7.66. The molecule has 0 aliphatic rings. The van der Waals surface area contributed by atoms with E-state index in [4.69, 9.17) is 11.6 Å². The van der Waals surface area contributed by atoms with Crippen molar-refractivity contribution in [1.82, 2.24) is 15.0 Å². The third-order valence-electron chi connectivity index (χ3n) is 2.07. The zero-order chi connectivity index (χ0) is 11.5. The average molecular weight is 236 g/mol. The van der Waals surface area contributed by atoms with Crippen molar-refractivity contribution in [2.75, 3.05) is 0 Å². The van der Waals surface area contributed by atoms with Crippen molar-refractivity contribution < 1.29 is 4.79 Å². The quantitative estimate of drug-likeness (QED) is 0.818. The van der Waals surface area contributed by atoms with Gasteiger partial charge in [0.25, 0.3) is 0 Å². The Morgan fingerprint density at radius 1 is 1.44 bits per heavy atom. The molecule has 0 amide bonds. The molecule has 0 fully saturated rings. The number of hydrogen-bond acceptors (Lipinski definition) is 3. The van der Waals surface area contributed by atoms with Gasteiger partial charge in [0.15, 0.2) is 0 Å². The molecule has 16 heavy (non-hydrogen) atoms. The number of halogens is 1. The molecule has 1 heterocycles. The van der Waals surface area contributed by atoms with Crippen LogP contribution >= 0.6 is 11.6 Å². The second kappa shape index (κ2) is 4.45. The Morgan fingerprint density at radius 3 is 2.88 bits per heavy atom. The molecule has 0 aliphatic carbocycles.